The van der Waals surface area contributed by atoms with Crippen LogP contribution in [0.25, 0.3) is 0 Å². The lowest BCUT2D eigenvalue weighted by Crippen LogP contribution is -2.40. The first kappa shape index (κ1) is 15.4. The summed E-state index contributed by atoms with van der Waals surface area (Å²) in [6.45, 7) is 7.79. The molecule has 1 aromatic rings. The summed E-state index contributed by atoms with van der Waals surface area (Å²) >= 11 is 1.80. The second-order valence-corrected chi connectivity index (χ2v) is 7.80. The molecule has 2 aliphatic rings. The third kappa shape index (κ3) is 3.31. The van der Waals surface area contributed by atoms with Gasteiger partial charge in [0.2, 0.25) is 0 Å². The molecule has 0 radical (unpaired) electrons. The van der Waals surface area contributed by atoms with Crippen molar-refractivity contribution < 1.29 is 4.74 Å². The molecule has 118 valence electrons. The molecule has 4 nitrogen and oxygen atoms in total. The SMILES string of the molecule is COC[C@H]1CC2(CCN(Cc3scnc3C)CC2)CN1C. The summed E-state index contributed by atoms with van der Waals surface area (Å²) in [5.41, 5.74) is 3.72. The molecule has 2 saturated heterocycles. The zero-order valence-corrected chi connectivity index (χ0v) is 14.3. The standard InChI is InChI=1S/C16H27N3OS/c1-13-15(21-12-17-13)9-19-6-4-16(5-7-19)8-14(10-20-3)18(2)11-16/h12,14H,4-11H2,1-3H3/t14-/m1/s1. The Hall–Kier alpha value is -0.490. The molecule has 5 heteroatoms. The fraction of sp³-hybridized carbons (Fsp3) is 0.812. The molecule has 1 atom stereocenters. The van der Waals surface area contributed by atoms with Crippen LogP contribution < -0.4 is 0 Å². The average Bonchev–Trinajstić information content (AvgIpc) is 2.99. The van der Waals surface area contributed by atoms with E-state index in [1.54, 1.807) is 11.3 Å². The van der Waals surface area contributed by atoms with Crippen LogP contribution in [0.2, 0.25) is 0 Å². The van der Waals surface area contributed by atoms with Gasteiger partial charge in [0.1, 0.15) is 0 Å². The van der Waals surface area contributed by atoms with Gasteiger partial charge in [0, 0.05) is 31.1 Å². The molecule has 3 heterocycles. The number of ether oxygens (including phenoxy) is 1. The van der Waals surface area contributed by atoms with E-state index in [0.29, 0.717) is 11.5 Å². The summed E-state index contributed by atoms with van der Waals surface area (Å²) in [6, 6.07) is 0.616. The molecule has 2 aliphatic heterocycles. The van der Waals surface area contributed by atoms with E-state index in [-0.39, 0.29) is 0 Å². The highest BCUT2D eigenvalue weighted by molar-refractivity contribution is 7.09. The molecule has 3 rings (SSSR count). The molecular formula is C16H27N3OS. The minimum absolute atomic E-state index is 0.539. The number of aromatic nitrogens is 1. The Balaban J connectivity index is 1.54. The van der Waals surface area contributed by atoms with E-state index in [0.717, 1.165) is 13.2 Å². The first-order valence-corrected chi connectivity index (χ1v) is 8.80. The molecule has 0 aliphatic carbocycles. The Morgan fingerprint density at radius 2 is 2.19 bits per heavy atom. The Labute approximate surface area is 132 Å². The average molecular weight is 309 g/mol. The molecule has 0 bridgehead atoms. The normalized spacial score (nSPS) is 26.7. The lowest BCUT2D eigenvalue weighted by molar-refractivity contribution is 0.105. The second-order valence-electron chi connectivity index (χ2n) is 6.87. The lowest BCUT2D eigenvalue weighted by atomic mass is 9.76. The highest BCUT2D eigenvalue weighted by Gasteiger charge is 2.43. The fourth-order valence-corrected chi connectivity index (χ4v) is 4.80. The largest absolute Gasteiger partial charge is 0.383 e. The molecule has 0 amide bonds. The third-order valence-corrected chi connectivity index (χ3v) is 6.28. The third-order valence-electron chi connectivity index (χ3n) is 5.36. The minimum atomic E-state index is 0.539. The maximum Gasteiger partial charge on any atom is 0.0798 e. The van der Waals surface area contributed by atoms with Crippen molar-refractivity contribution in [1.29, 1.82) is 0 Å². The first-order valence-electron chi connectivity index (χ1n) is 7.92. The summed E-state index contributed by atoms with van der Waals surface area (Å²) in [5.74, 6) is 0. The van der Waals surface area contributed by atoms with Gasteiger partial charge in [-0.25, -0.2) is 4.98 Å². The zero-order chi connectivity index (χ0) is 14.9. The van der Waals surface area contributed by atoms with Crippen LogP contribution in [0.5, 0.6) is 0 Å². The predicted molar refractivity (Wildman–Crippen MR) is 86.7 cm³/mol. The van der Waals surface area contributed by atoms with Crippen molar-refractivity contribution in [1.82, 2.24) is 14.8 Å². The van der Waals surface area contributed by atoms with Gasteiger partial charge in [0.15, 0.2) is 0 Å². The van der Waals surface area contributed by atoms with Gasteiger partial charge in [-0.15, -0.1) is 11.3 Å². The van der Waals surface area contributed by atoms with Gasteiger partial charge in [-0.2, -0.15) is 0 Å². The molecule has 2 fully saturated rings. The van der Waals surface area contributed by atoms with E-state index < -0.39 is 0 Å². The van der Waals surface area contributed by atoms with Gasteiger partial charge < -0.3 is 9.64 Å². The van der Waals surface area contributed by atoms with Crippen molar-refractivity contribution in [2.75, 3.05) is 40.4 Å². The Kier molecular flexibility index (Phi) is 4.64. The van der Waals surface area contributed by atoms with Crippen LogP contribution >= 0.6 is 11.3 Å². The van der Waals surface area contributed by atoms with E-state index >= 15 is 0 Å². The number of aryl methyl sites for hydroxylation is 1. The maximum atomic E-state index is 5.38. The summed E-state index contributed by atoms with van der Waals surface area (Å²) in [6.07, 6.45) is 3.97. The highest BCUT2D eigenvalue weighted by Crippen LogP contribution is 2.43. The van der Waals surface area contributed by atoms with Crippen LogP contribution in [0, 0.1) is 12.3 Å². The van der Waals surface area contributed by atoms with Crippen molar-refractivity contribution in [2.45, 2.75) is 38.8 Å². The van der Waals surface area contributed by atoms with Crippen molar-refractivity contribution in [3.63, 3.8) is 0 Å². The monoisotopic (exact) mass is 309 g/mol. The van der Waals surface area contributed by atoms with E-state index in [4.69, 9.17) is 4.74 Å². The zero-order valence-electron chi connectivity index (χ0n) is 13.5. The van der Waals surface area contributed by atoms with Crippen molar-refractivity contribution in [3.05, 3.63) is 16.1 Å². The second kappa shape index (κ2) is 6.32. The van der Waals surface area contributed by atoms with Crippen LogP contribution in [-0.4, -0.2) is 61.2 Å². The molecule has 0 aromatic carbocycles. The molecule has 1 aromatic heterocycles. The van der Waals surface area contributed by atoms with Crippen LogP contribution in [0.1, 0.15) is 29.8 Å². The summed E-state index contributed by atoms with van der Waals surface area (Å²) in [7, 11) is 4.07. The summed E-state index contributed by atoms with van der Waals surface area (Å²) < 4.78 is 5.38. The summed E-state index contributed by atoms with van der Waals surface area (Å²) in [5, 5.41) is 0. The van der Waals surface area contributed by atoms with Crippen LogP contribution in [0.4, 0.5) is 0 Å². The number of hydrogen-bond acceptors (Lipinski definition) is 5. The molecular weight excluding hydrogens is 282 g/mol. The molecule has 0 N–H and O–H groups in total. The van der Waals surface area contributed by atoms with Gasteiger partial charge in [-0.1, -0.05) is 0 Å². The van der Waals surface area contributed by atoms with Gasteiger partial charge in [-0.3, -0.25) is 4.90 Å². The molecule has 21 heavy (non-hydrogen) atoms. The number of rotatable bonds is 4. The fourth-order valence-electron chi connectivity index (χ4n) is 3.99. The number of methoxy groups -OCH3 is 1. The van der Waals surface area contributed by atoms with E-state index in [1.165, 1.54) is 49.5 Å². The summed E-state index contributed by atoms with van der Waals surface area (Å²) in [4.78, 5) is 10.9. The first-order chi connectivity index (χ1) is 10.1. The Morgan fingerprint density at radius 1 is 1.43 bits per heavy atom. The van der Waals surface area contributed by atoms with Crippen molar-refractivity contribution in [3.8, 4) is 0 Å². The Morgan fingerprint density at radius 3 is 2.81 bits per heavy atom. The minimum Gasteiger partial charge on any atom is -0.383 e. The lowest BCUT2D eigenvalue weighted by Gasteiger charge is -2.39. The highest BCUT2D eigenvalue weighted by atomic mass is 32.1. The van der Waals surface area contributed by atoms with Crippen molar-refractivity contribution in [2.24, 2.45) is 5.41 Å². The number of thiazole rings is 1. The molecule has 0 saturated carbocycles. The van der Waals surface area contributed by atoms with Crippen LogP contribution in [0.15, 0.2) is 5.51 Å². The Bertz CT molecular complexity index is 468. The van der Waals surface area contributed by atoms with Crippen LogP contribution in [-0.2, 0) is 11.3 Å². The molecule has 0 unspecified atom stereocenters. The van der Waals surface area contributed by atoms with E-state index in [1.807, 2.05) is 12.6 Å². The maximum absolute atomic E-state index is 5.38. The van der Waals surface area contributed by atoms with Gasteiger partial charge in [0.25, 0.3) is 0 Å². The number of piperidine rings is 1. The predicted octanol–water partition coefficient (Wildman–Crippen LogP) is 2.38. The smallest absolute Gasteiger partial charge is 0.0798 e. The number of likely N-dealkylation sites (N-methyl/N-ethyl adjacent to an activating group) is 1. The van der Waals surface area contributed by atoms with Crippen molar-refractivity contribution >= 4 is 11.3 Å². The molecule has 1 spiro atoms. The van der Waals surface area contributed by atoms with Gasteiger partial charge in [-0.05, 0) is 51.7 Å². The quantitative estimate of drug-likeness (QED) is 0.854. The van der Waals surface area contributed by atoms with Crippen LogP contribution in [0.3, 0.4) is 0 Å². The van der Waals surface area contributed by atoms with Gasteiger partial charge in [0.05, 0.1) is 17.8 Å². The van der Waals surface area contributed by atoms with Gasteiger partial charge >= 0.3 is 0 Å². The topological polar surface area (TPSA) is 28.6 Å². The number of hydrogen-bond donors (Lipinski definition) is 0. The number of likely N-dealkylation sites (tertiary alicyclic amines) is 2. The van der Waals surface area contributed by atoms with E-state index in [2.05, 4.69) is 28.8 Å². The number of nitrogens with zero attached hydrogens (tertiary/aromatic N) is 3. The van der Waals surface area contributed by atoms with E-state index in [9.17, 15) is 0 Å².